The Labute approximate surface area is 90.5 Å². The third-order valence-electron chi connectivity index (χ3n) is 3.08. The van der Waals surface area contributed by atoms with Crippen LogP contribution < -0.4 is 0 Å². The number of ketones is 1. The Morgan fingerprint density at radius 2 is 2.13 bits per heavy atom. The highest BCUT2D eigenvalue weighted by atomic mass is 16.1. The van der Waals surface area contributed by atoms with E-state index in [-0.39, 0.29) is 11.8 Å². The van der Waals surface area contributed by atoms with Gasteiger partial charge in [0.1, 0.15) is 0 Å². The normalized spacial score (nSPS) is 20.1. The zero-order valence-corrected chi connectivity index (χ0v) is 9.20. The molecule has 0 saturated carbocycles. The molecule has 0 spiro atoms. The van der Waals surface area contributed by atoms with Crippen LogP contribution in [0.4, 0.5) is 0 Å². The molecular formula is C12H18N2O. The van der Waals surface area contributed by atoms with Gasteiger partial charge in [-0.3, -0.25) is 9.69 Å². The summed E-state index contributed by atoms with van der Waals surface area (Å²) >= 11 is 0. The molecule has 0 aromatic carbocycles. The van der Waals surface area contributed by atoms with Crippen molar-refractivity contribution in [2.75, 3.05) is 13.1 Å². The van der Waals surface area contributed by atoms with Crippen LogP contribution in [0.2, 0.25) is 0 Å². The molecule has 15 heavy (non-hydrogen) atoms. The van der Waals surface area contributed by atoms with Gasteiger partial charge in [-0.2, -0.15) is 0 Å². The predicted molar refractivity (Wildman–Crippen MR) is 59.6 cm³/mol. The van der Waals surface area contributed by atoms with E-state index in [2.05, 4.69) is 9.88 Å². The fraction of sp³-hybridized carbons (Fsp3) is 0.583. The maximum atomic E-state index is 11.7. The first-order chi connectivity index (χ1) is 7.29. The second kappa shape index (κ2) is 4.62. The molecule has 3 nitrogen and oxygen atoms in total. The van der Waals surface area contributed by atoms with Crippen LogP contribution in [0, 0.1) is 0 Å². The Kier molecular flexibility index (Phi) is 3.21. The van der Waals surface area contributed by atoms with Gasteiger partial charge >= 0.3 is 0 Å². The lowest BCUT2D eigenvalue weighted by Gasteiger charge is -2.32. The number of piperidine rings is 1. The zero-order chi connectivity index (χ0) is 10.7. The molecule has 0 amide bonds. The van der Waals surface area contributed by atoms with Crippen molar-refractivity contribution >= 4 is 5.78 Å². The largest absolute Gasteiger partial charge is 0.367 e. The fourth-order valence-electron chi connectivity index (χ4n) is 2.39. The average Bonchev–Trinajstić information content (AvgIpc) is 2.72. The second-order valence-corrected chi connectivity index (χ2v) is 4.25. The van der Waals surface area contributed by atoms with Crippen LogP contribution in [0.15, 0.2) is 18.5 Å². The van der Waals surface area contributed by atoms with Crippen LogP contribution in [0.3, 0.4) is 0 Å². The topological polar surface area (TPSA) is 36.1 Å². The van der Waals surface area contributed by atoms with E-state index < -0.39 is 0 Å². The zero-order valence-electron chi connectivity index (χ0n) is 9.20. The van der Waals surface area contributed by atoms with E-state index in [9.17, 15) is 4.79 Å². The fourth-order valence-corrected chi connectivity index (χ4v) is 2.39. The van der Waals surface area contributed by atoms with Crippen LogP contribution in [-0.4, -0.2) is 28.8 Å². The molecule has 1 unspecified atom stereocenters. The standard InChI is InChI=1S/C12H18N2O/c1-10(15)12(11-5-6-13-9-11)14-7-3-2-4-8-14/h5-6,9,12-13H,2-4,7-8H2,1H3. The average molecular weight is 206 g/mol. The molecule has 1 saturated heterocycles. The Balaban J connectivity index is 2.15. The second-order valence-electron chi connectivity index (χ2n) is 4.25. The van der Waals surface area contributed by atoms with Crippen LogP contribution in [-0.2, 0) is 4.79 Å². The number of Topliss-reactive ketones (excluding diaryl/α,β-unsaturated/α-hetero) is 1. The lowest BCUT2D eigenvalue weighted by atomic mass is 10.0. The minimum Gasteiger partial charge on any atom is -0.367 e. The van der Waals surface area contributed by atoms with E-state index in [0.29, 0.717) is 0 Å². The molecule has 1 aliphatic heterocycles. The Bertz CT molecular complexity index is 312. The molecule has 1 aromatic rings. The predicted octanol–water partition coefficient (Wildman–Crippen LogP) is 2.13. The number of carbonyl (C=O) groups is 1. The van der Waals surface area contributed by atoms with Crippen molar-refractivity contribution in [3.05, 3.63) is 24.0 Å². The highest BCUT2D eigenvalue weighted by Crippen LogP contribution is 2.24. The van der Waals surface area contributed by atoms with Gasteiger partial charge in [0.25, 0.3) is 0 Å². The summed E-state index contributed by atoms with van der Waals surface area (Å²) in [6, 6.07) is 1.97. The number of rotatable bonds is 3. The molecule has 0 bridgehead atoms. The molecule has 1 fully saturated rings. The molecule has 1 atom stereocenters. The lowest BCUT2D eigenvalue weighted by molar-refractivity contribution is -0.122. The van der Waals surface area contributed by atoms with Crippen LogP contribution >= 0.6 is 0 Å². The molecule has 2 rings (SSSR count). The van der Waals surface area contributed by atoms with Crippen molar-refractivity contribution in [3.63, 3.8) is 0 Å². The molecular weight excluding hydrogens is 188 g/mol. The van der Waals surface area contributed by atoms with Gasteiger partial charge in [-0.1, -0.05) is 6.42 Å². The Hall–Kier alpha value is -1.09. The molecule has 1 aromatic heterocycles. The van der Waals surface area contributed by atoms with Gasteiger partial charge in [-0.05, 0) is 44.5 Å². The third kappa shape index (κ3) is 2.29. The van der Waals surface area contributed by atoms with Crippen molar-refractivity contribution in [2.45, 2.75) is 32.2 Å². The van der Waals surface area contributed by atoms with E-state index in [1.54, 1.807) is 6.92 Å². The van der Waals surface area contributed by atoms with Gasteiger partial charge in [-0.25, -0.2) is 0 Å². The number of nitrogens with zero attached hydrogens (tertiary/aromatic N) is 1. The highest BCUT2D eigenvalue weighted by Gasteiger charge is 2.25. The molecule has 1 aliphatic rings. The van der Waals surface area contributed by atoms with Gasteiger partial charge in [0, 0.05) is 12.4 Å². The lowest BCUT2D eigenvalue weighted by Crippen LogP contribution is -2.36. The summed E-state index contributed by atoms with van der Waals surface area (Å²) in [6.07, 6.45) is 7.55. The summed E-state index contributed by atoms with van der Waals surface area (Å²) in [6.45, 7) is 3.79. The number of aromatic nitrogens is 1. The molecule has 3 heteroatoms. The van der Waals surface area contributed by atoms with Gasteiger partial charge in [0.05, 0.1) is 6.04 Å². The van der Waals surface area contributed by atoms with E-state index in [1.165, 1.54) is 19.3 Å². The number of hydrogen-bond donors (Lipinski definition) is 1. The minimum atomic E-state index is -0.0310. The van der Waals surface area contributed by atoms with E-state index in [0.717, 1.165) is 18.7 Å². The Morgan fingerprint density at radius 1 is 1.40 bits per heavy atom. The summed E-state index contributed by atoms with van der Waals surface area (Å²) < 4.78 is 0. The number of aromatic amines is 1. The first-order valence-corrected chi connectivity index (χ1v) is 5.66. The third-order valence-corrected chi connectivity index (χ3v) is 3.08. The number of carbonyl (C=O) groups excluding carboxylic acids is 1. The van der Waals surface area contributed by atoms with Crippen LogP contribution in [0.5, 0.6) is 0 Å². The van der Waals surface area contributed by atoms with Crippen molar-refractivity contribution < 1.29 is 4.79 Å². The molecule has 0 radical (unpaired) electrons. The maximum absolute atomic E-state index is 11.7. The summed E-state index contributed by atoms with van der Waals surface area (Å²) in [5.74, 6) is 0.247. The Morgan fingerprint density at radius 3 is 2.67 bits per heavy atom. The van der Waals surface area contributed by atoms with Crippen molar-refractivity contribution in [1.29, 1.82) is 0 Å². The van der Waals surface area contributed by atoms with Crippen molar-refractivity contribution in [1.82, 2.24) is 9.88 Å². The van der Waals surface area contributed by atoms with Gasteiger partial charge in [-0.15, -0.1) is 0 Å². The van der Waals surface area contributed by atoms with Crippen molar-refractivity contribution in [3.8, 4) is 0 Å². The quantitative estimate of drug-likeness (QED) is 0.822. The molecule has 2 heterocycles. The van der Waals surface area contributed by atoms with Crippen molar-refractivity contribution in [2.24, 2.45) is 0 Å². The first-order valence-electron chi connectivity index (χ1n) is 5.66. The highest BCUT2D eigenvalue weighted by molar-refractivity contribution is 5.82. The number of H-pyrrole nitrogens is 1. The monoisotopic (exact) mass is 206 g/mol. The van der Waals surface area contributed by atoms with Gasteiger partial charge in [0.15, 0.2) is 5.78 Å². The summed E-state index contributed by atoms with van der Waals surface area (Å²) in [5, 5.41) is 0. The SMILES string of the molecule is CC(=O)C(c1cc[nH]c1)N1CCCCC1. The maximum Gasteiger partial charge on any atom is 0.151 e. The number of likely N-dealkylation sites (tertiary alicyclic amines) is 1. The summed E-state index contributed by atoms with van der Waals surface area (Å²) in [4.78, 5) is 17.0. The van der Waals surface area contributed by atoms with E-state index >= 15 is 0 Å². The van der Waals surface area contributed by atoms with Gasteiger partial charge in [0.2, 0.25) is 0 Å². The summed E-state index contributed by atoms with van der Waals surface area (Å²) in [7, 11) is 0. The molecule has 82 valence electrons. The van der Waals surface area contributed by atoms with E-state index in [1.807, 2.05) is 18.5 Å². The van der Waals surface area contributed by atoms with Crippen LogP contribution in [0.25, 0.3) is 0 Å². The first kappa shape index (κ1) is 10.4. The minimum absolute atomic E-state index is 0.0310. The van der Waals surface area contributed by atoms with E-state index in [4.69, 9.17) is 0 Å². The summed E-state index contributed by atoms with van der Waals surface area (Å²) in [5.41, 5.74) is 1.10. The van der Waals surface area contributed by atoms with Crippen LogP contribution in [0.1, 0.15) is 37.8 Å². The smallest absolute Gasteiger partial charge is 0.151 e. The number of nitrogens with one attached hydrogen (secondary N) is 1. The molecule has 1 N–H and O–H groups in total. The van der Waals surface area contributed by atoms with Gasteiger partial charge < -0.3 is 4.98 Å². The number of hydrogen-bond acceptors (Lipinski definition) is 2. The molecule has 0 aliphatic carbocycles.